The van der Waals surface area contributed by atoms with Gasteiger partial charge in [0.1, 0.15) is 0 Å². The summed E-state index contributed by atoms with van der Waals surface area (Å²) in [7, 11) is 1.51. The second-order valence-electron chi connectivity index (χ2n) is 7.75. The molecule has 0 saturated heterocycles. The first kappa shape index (κ1) is 23.7. The van der Waals surface area contributed by atoms with E-state index in [0.29, 0.717) is 16.2 Å². The summed E-state index contributed by atoms with van der Waals surface area (Å²) in [6, 6.07) is 13.5. The molecule has 0 aliphatic rings. The molecule has 2 heterocycles. The van der Waals surface area contributed by atoms with Crippen molar-refractivity contribution < 1.29 is 18.0 Å². The Morgan fingerprint density at radius 3 is 2.44 bits per heavy atom. The van der Waals surface area contributed by atoms with Gasteiger partial charge in [0, 0.05) is 35.8 Å². The zero-order valence-electron chi connectivity index (χ0n) is 18.1. The molecule has 3 N–H and O–H groups in total. The molecule has 1 atom stereocenters. The molecular formula is C24H21ClF3N5O. The standard InChI is InChI=1S/C24H21ClF3N5O/c1-29-23(34)20(10-14-2-6-17(7-3-14)24(26,27)28)30-13-21-19-11-16(12-31-22(19)33-32-21)15-4-8-18(25)9-5-15/h2-9,11-12,20,30H,10,13H2,1H3,(H,29,34)(H,31,32,33)/t20-/m1/s1. The maximum atomic E-state index is 12.8. The van der Waals surface area contributed by atoms with Crippen molar-refractivity contribution in [2.24, 2.45) is 0 Å². The Morgan fingerprint density at radius 2 is 1.79 bits per heavy atom. The van der Waals surface area contributed by atoms with Crippen LogP contribution in [0, 0.1) is 0 Å². The number of halogens is 4. The van der Waals surface area contributed by atoms with Gasteiger partial charge in [0.2, 0.25) is 5.91 Å². The predicted molar refractivity (Wildman–Crippen MR) is 124 cm³/mol. The predicted octanol–water partition coefficient (Wildman–Crippen LogP) is 4.74. The molecular weight excluding hydrogens is 467 g/mol. The summed E-state index contributed by atoms with van der Waals surface area (Å²) in [4.78, 5) is 16.8. The van der Waals surface area contributed by atoms with Crippen molar-refractivity contribution >= 4 is 28.5 Å². The fraction of sp³-hybridized carbons (Fsp3) is 0.208. The molecule has 34 heavy (non-hydrogen) atoms. The lowest BCUT2D eigenvalue weighted by atomic mass is 10.0. The first-order valence-corrected chi connectivity index (χ1v) is 10.8. The zero-order valence-corrected chi connectivity index (χ0v) is 18.8. The highest BCUT2D eigenvalue weighted by Crippen LogP contribution is 2.29. The van der Waals surface area contributed by atoms with E-state index in [-0.39, 0.29) is 18.9 Å². The number of likely N-dealkylation sites (N-methyl/N-ethyl adjacent to an activating group) is 1. The van der Waals surface area contributed by atoms with Crippen LogP contribution < -0.4 is 10.6 Å². The molecule has 0 spiro atoms. The second kappa shape index (κ2) is 9.82. The van der Waals surface area contributed by atoms with E-state index in [4.69, 9.17) is 11.6 Å². The van der Waals surface area contributed by atoms with Crippen LogP contribution in [0.1, 0.15) is 16.8 Å². The Hall–Kier alpha value is -3.43. The third kappa shape index (κ3) is 5.37. The topological polar surface area (TPSA) is 82.7 Å². The largest absolute Gasteiger partial charge is 0.416 e. The van der Waals surface area contributed by atoms with Gasteiger partial charge in [-0.05, 0) is 47.9 Å². The van der Waals surface area contributed by atoms with Crippen LogP contribution in [0.3, 0.4) is 0 Å². The highest BCUT2D eigenvalue weighted by atomic mass is 35.5. The molecule has 10 heteroatoms. The third-order valence-corrected chi connectivity index (χ3v) is 5.73. The number of hydrogen-bond donors (Lipinski definition) is 3. The van der Waals surface area contributed by atoms with E-state index in [1.165, 1.54) is 19.2 Å². The maximum absolute atomic E-state index is 12.8. The van der Waals surface area contributed by atoms with Crippen molar-refractivity contribution in [3.63, 3.8) is 0 Å². The number of carbonyl (C=O) groups excluding carboxylic acids is 1. The number of nitrogens with one attached hydrogen (secondary N) is 3. The summed E-state index contributed by atoms with van der Waals surface area (Å²) < 4.78 is 38.5. The lowest BCUT2D eigenvalue weighted by Crippen LogP contribution is -2.44. The summed E-state index contributed by atoms with van der Waals surface area (Å²) in [5, 5.41) is 14.4. The number of H-pyrrole nitrogens is 1. The molecule has 2 aromatic carbocycles. The van der Waals surface area contributed by atoms with Crippen molar-refractivity contribution in [3.8, 4) is 11.1 Å². The van der Waals surface area contributed by atoms with E-state index in [2.05, 4.69) is 25.8 Å². The molecule has 0 aliphatic carbocycles. The van der Waals surface area contributed by atoms with Gasteiger partial charge in [0.15, 0.2) is 5.65 Å². The van der Waals surface area contributed by atoms with Crippen LogP contribution in [0.2, 0.25) is 5.02 Å². The SMILES string of the molecule is CNC(=O)[C@@H](Cc1ccc(C(F)(F)F)cc1)NCc1[nH]nc2ncc(-c3ccc(Cl)cc3)cc12. The van der Waals surface area contributed by atoms with E-state index < -0.39 is 17.8 Å². The average Bonchev–Trinajstić information content (AvgIpc) is 3.23. The van der Waals surface area contributed by atoms with E-state index in [1.54, 1.807) is 18.3 Å². The van der Waals surface area contributed by atoms with Crippen LogP contribution in [-0.2, 0) is 23.9 Å². The van der Waals surface area contributed by atoms with Gasteiger partial charge in [0.25, 0.3) is 0 Å². The van der Waals surface area contributed by atoms with Crippen molar-refractivity contribution in [2.75, 3.05) is 7.05 Å². The van der Waals surface area contributed by atoms with Crippen LogP contribution in [0.25, 0.3) is 22.2 Å². The maximum Gasteiger partial charge on any atom is 0.416 e. The molecule has 4 aromatic rings. The molecule has 176 valence electrons. The fourth-order valence-corrected chi connectivity index (χ4v) is 3.73. The molecule has 1 amide bonds. The van der Waals surface area contributed by atoms with E-state index in [0.717, 1.165) is 34.3 Å². The van der Waals surface area contributed by atoms with Gasteiger partial charge < -0.3 is 5.32 Å². The fourth-order valence-electron chi connectivity index (χ4n) is 3.61. The molecule has 0 saturated carbocycles. The Morgan fingerprint density at radius 1 is 1.09 bits per heavy atom. The summed E-state index contributed by atoms with van der Waals surface area (Å²) in [5.41, 5.74) is 2.99. The van der Waals surface area contributed by atoms with Gasteiger partial charge in [-0.15, -0.1) is 0 Å². The number of aromatic amines is 1. The molecule has 2 aromatic heterocycles. The smallest absolute Gasteiger partial charge is 0.358 e. The molecule has 0 radical (unpaired) electrons. The minimum absolute atomic E-state index is 0.220. The number of nitrogens with zero attached hydrogens (tertiary/aromatic N) is 2. The van der Waals surface area contributed by atoms with E-state index in [1.807, 2.05) is 18.2 Å². The first-order chi connectivity index (χ1) is 16.2. The second-order valence-corrected chi connectivity index (χ2v) is 8.19. The van der Waals surface area contributed by atoms with Gasteiger partial charge in [-0.3, -0.25) is 15.2 Å². The zero-order chi connectivity index (χ0) is 24.3. The third-order valence-electron chi connectivity index (χ3n) is 5.48. The van der Waals surface area contributed by atoms with Gasteiger partial charge in [0.05, 0.1) is 17.3 Å². The number of benzene rings is 2. The Bertz CT molecular complexity index is 1290. The lowest BCUT2D eigenvalue weighted by Gasteiger charge is -2.17. The number of carbonyl (C=O) groups is 1. The van der Waals surface area contributed by atoms with E-state index >= 15 is 0 Å². The van der Waals surface area contributed by atoms with Gasteiger partial charge >= 0.3 is 6.18 Å². The van der Waals surface area contributed by atoms with Gasteiger partial charge in [-0.1, -0.05) is 35.9 Å². The Labute approximate surface area is 198 Å². The van der Waals surface area contributed by atoms with E-state index in [9.17, 15) is 18.0 Å². The summed E-state index contributed by atoms with van der Waals surface area (Å²) >= 11 is 5.97. The van der Waals surface area contributed by atoms with Crippen molar-refractivity contribution in [2.45, 2.75) is 25.2 Å². The number of alkyl halides is 3. The number of aromatic nitrogens is 3. The molecule has 4 rings (SSSR count). The minimum atomic E-state index is -4.41. The van der Waals surface area contributed by atoms with Crippen molar-refractivity contribution in [1.29, 1.82) is 0 Å². The monoisotopic (exact) mass is 487 g/mol. The number of fused-ring (bicyclic) bond motifs is 1. The highest BCUT2D eigenvalue weighted by molar-refractivity contribution is 6.30. The van der Waals surface area contributed by atoms with Crippen molar-refractivity contribution in [3.05, 3.63) is 82.6 Å². The minimum Gasteiger partial charge on any atom is -0.358 e. The van der Waals surface area contributed by atoms with Crippen LogP contribution in [-0.4, -0.2) is 34.2 Å². The van der Waals surface area contributed by atoms with Crippen molar-refractivity contribution in [1.82, 2.24) is 25.8 Å². The highest BCUT2D eigenvalue weighted by Gasteiger charge is 2.30. The lowest BCUT2D eigenvalue weighted by molar-refractivity contribution is -0.137. The van der Waals surface area contributed by atoms with Crippen LogP contribution in [0.4, 0.5) is 13.2 Å². The molecule has 0 unspecified atom stereocenters. The summed E-state index contributed by atoms with van der Waals surface area (Å²) in [6.45, 7) is 0.279. The summed E-state index contributed by atoms with van der Waals surface area (Å²) in [6.07, 6.45) is -2.46. The molecule has 0 bridgehead atoms. The average molecular weight is 488 g/mol. The molecule has 0 fully saturated rings. The quantitative estimate of drug-likeness (QED) is 0.351. The van der Waals surface area contributed by atoms with Crippen LogP contribution >= 0.6 is 11.6 Å². The van der Waals surface area contributed by atoms with Crippen LogP contribution in [0.15, 0.2) is 60.8 Å². The number of amides is 1. The first-order valence-electron chi connectivity index (χ1n) is 10.4. The molecule has 0 aliphatic heterocycles. The van der Waals surface area contributed by atoms with Gasteiger partial charge in [-0.25, -0.2) is 4.98 Å². The molecule has 6 nitrogen and oxygen atoms in total. The summed E-state index contributed by atoms with van der Waals surface area (Å²) in [5.74, 6) is -0.274. The van der Waals surface area contributed by atoms with Crippen LogP contribution in [0.5, 0.6) is 0 Å². The Balaban J connectivity index is 1.52. The van der Waals surface area contributed by atoms with Gasteiger partial charge in [-0.2, -0.15) is 18.3 Å². The number of hydrogen-bond acceptors (Lipinski definition) is 4. The Kier molecular flexibility index (Phi) is 6.85. The normalized spacial score (nSPS) is 12.6. The number of rotatable bonds is 7. The number of pyridine rings is 1.